The van der Waals surface area contributed by atoms with Crippen LogP contribution in [0.4, 0.5) is 5.69 Å². The SMILES string of the molecule is COc1ccc(N)c(C(=O)N2CC(O)CC2CN(C)C)c1. The Morgan fingerprint density at radius 1 is 1.52 bits per heavy atom. The van der Waals surface area contributed by atoms with Gasteiger partial charge in [-0.1, -0.05) is 0 Å². The van der Waals surface area contributed by atoms with Crippen LogP contribution < -0.4 is 10.5 Å². The van der Waals surface area contributed by atoms with Crippen molar-refractivity contribution >= 4 is 11.6 Å². The van der Waals surface area contributed by atoms with E-state index in [1.807, 2.05) is 19.0 Å². The van der Waals surface area contributed by atoms with Gasteiger partial charge in [-0.2, -0.15) is 0 Å². The normalized spacial score (nSPS) is 21.9. The Morgan fingerprint density at radius 2 is 2.24 bits per heavy atom. The maximum Gasteiger partial charge on any atom is 0.256 e. The Labute approximate surface area is 125 Å². The van der Waals surface area contributed by atoms with E-state index in [1.54, 1.807) is 30.2 Å². The van der Waals surface area contributed by atoms with Crippen molar-refractivity contribution in [2.75, 3.05) is 40.0 Å². The predicted octanol–water partition coefficient (Wildman–Crippen LogP) is 0.414. The quantitative estimate of drug-likeness (QED) is 0.786. The minimum Gasteiger partial charge on any atom is -0.497 e. The molecule has 1 aromatic carbocycles. The molecule has 0 saturated carbocycles. The van der Waals surface area contributed by atoms with Gasteiger partial charge >= 0.3 is 0 Å². The number of nitrogen functional groups attached to an aromatic ring is 1. The predicted molar refractivity (Wildman–Crippen MR) is 81.4 cm³/mol. The molecule has 6 heteroatoms. The third kappa shape index (κ3) is 3.46. The summed E-state index contributed by atoms with van der Waals surface area (Å²) in [5.41, 5.74) is 6.76. The van der Waals surface area contributed by atoms with Gasteiger partial charge < -0.3 is 25.4 Å². The maximum absolute atomic E-state index is 12.7. The molecule has 116 valence electrons. The Morgan fingerprint density at radius 3 is 2.86 bits per heavy atom. The van der Waals surface area contributed by atoms with Crippen LogP contribution in [0.3, 0.4) is 0 Å². The summed E-state index contributed by atoms with van der Waals surface area (Å²) in [7, 11) is 5.45. The summed E-state index contributed by atoms with van der Waals surface area (Å²) in [6.07, 6.45) is 0.110. The van der Waals surface area contributed by atoms with Crippen molar-refractivity contribution in [3.8, 4) is 5.75 Å². The minimum absolute atomic E-state index is 0.00639. The van der Waals surface area contributed by atoms with E-state index in [1.165, 1.54) is 0 Å². The maximum atomic E-state index is 12.7. The first-order valence-electron chi connectivity index (χ1n) is 6.99. The van der Waals surface area contributed by atoms with Crippen molar-refractivity contribution in [1.29, 1.82) is 0 Å². The number of anilines is 1. The number of β-amino-alcohol motifs (C(OH)–C–C–N with tert-alkyl or cyclic N) is 1. The van der Waals surface area contributed by atoms with Crippen LogP contribution in [0.1, 0.15) is 16.8 Å². The zero-order valence-electron chi connectivity index (χ0n) is 12.7. The molecule has 0 aromatic heterocycles. The zero-order valence-corrected chi connectivity index (χ0v) is 12.7. The van der Waals surface area contributed by atoms with Crippen LogP contribution in [0.25, 0.3) is 0 Å². The van der Waals surface area contributed by atoms with Crippen LogP contribution in [0, 0.1) is 0 Å². The van der Waals surface area contributed by atoms with Crippen LogP contribution in [-0.2, 0) is 0 Å². The number of hydrogen-bond donors (Lipinski definition) is 2. The van der Waals surface area contributed by atoms with Gasteiger partial charge in [0.05, 0.1) is 18.8 Å². The molecule has 2 rings (SSSR count). The molecular formula is C15H23N3O3. The lowest BCUT2D eigenvalue weighted by Crippen LogP contribution is -2.41. The molecule has 3 N–H and O–H groups in total. The molecule has 21 heavy (non-hydrogen) atoms. The van der Waals surface area contributed by atoms with E-state index in [4.69, 9.17) is 10.5 Å². The fraction of sp³-hybridized carbons (Fsp3) is 0.533. The molecule has 0 radical (unpaired) electrons. The van der Waals surface area contributed by atoms with E-state index >= 15 is 0 Å². The standard InChI is InChI=1S/C15H23N3O3/c1-17(2)8-10-6-11(19)9-18(10)15(20)13-7-12(21-3)4-5-14(13)16/h4-5,7,10-11,19H,6,8-9,16H2,1-3H3. The number of carbonyl (C=O) groups excluding carboxylic acids is 1. The van der Waals surface area contributed by atoms with Crippen LogP contribution in [0.5, 0.6) is 5.75 Å². The third-order valence-corrected chi connectivity index (χ3v) is 3.72. The second-order valence-electron chi connectivity index (χ2n) is 5.72. The van der Waals surface area contributed by atoms with E-state index in [-0.39, 0.29) is 11.9 Å². The fourth-order valence-electron chi connectivity index (χ4n) is 2.74. The van der Waals surface area contributed by atoms with Crippen molar-refractivity contribution in [3.63, 3.8) is 0 Å². The smallest absolute Gasteiger partial charge is 0.256 e. The van der Waals surface area contributed by atoms with Crippen molar-refractivity contribution in [2.24, 2.45) is 0 Å². The number of rotatable bonds is 4. The molecule has 2 unspecified atom stereocenters. The number of carbonyl (C=O) groups is 1. The number of nitrogens with zero attached hydrogens (tertiary/aromatic N) is 2. The van der Waals surface area contributed by atoms with Gasteiger partial charge in [-0.25, -0.2) is 0 Å². The molecule has 1 amide bonds. The number of likely N-dealkylation sites (tertiary alicyclic amines) is 1. The van der Waals surface area contributed by atoms with Gasteiger partial charge in [0.15, 0.2) is 0 Å². The highest BCUT2D eigenvalue weighted by molar-refractivity contribution is 6.00. The molecule has 0 spiro atoms. The number of nitrogens with two attached hydrogens (primary N) is 1. The molecule has 1 aliphatic rings. The fourth-order valence-corrected chi connectivity index (χ4v) is 2.74. The van der Waals surface area contributed by atoms with Crippen LogP contribution >= 0.6 is 0 Å². The topological polar surface area (TPSA) is 79.0 Å². The Balaban J connectivity index is 2.25. The van der Waals surface area contributed by atoms with Gasteiger partial charge in [0.2, 0.25) is 0 Å². The number of aliphatic hydroxyl groups excluding tert-OH is 1. The number of amides is 1. The van der Waals surface area contributed by atoms with Gasteiger partial charge in [0.25, 0.3) is 5.91 Å². The Kier molecular flexibility index (Phi) is 4.69. The van der Waals surface area contributed by atoms with Gasteiger partial charge in [-0.05, 0) is 38.7 Å². The lowest BCUT2D eigenvalue weighted by molar-refractivity contribution is 0.0700. The summed E-state index contributed by atoms with van der Waals surface area (Å²) in [6.45, 7) is 1.06. The number of methoxy groups -OCH3 is 1. The highest BCUT2D eigenvalue weighted by Crippen LogP contribution is 2.26. The average molecular weight is 293 g/mol. The van der Waals surface area contributed by atoms with Gasteiger partial charge in [-0.15, -0.1) is 0 Å². The van der Waals surface area contributed by atoms with E-state index in [9.17, 15) is 9.90 Å². The van der Waals surface area contributed by atoms with E-state index < -0.39 is 6.10 Å². The summed E-state index contributed by atoms with van der Waals surface area (Å²) in [5, 5.41) is 9.88. The molecule has 2 atom stereocenters. The molecular weight excluding hydrogens is 270 g/mol. The molecule has 0 aliphatic carbocycles. The average Bonchev–Trinajstić information content (AvgIpc) is 2.78. The Hall–Kier alpha value is -1.79. The van der Waals surface area contributed by atoms with Crippen molar-refractivity contribution in [2.45, 2.75) is 18.6 Å². The zero-order chi connectivity index (χ0) is 15.6. The van der Waals surface area contributed by atoms with Gasteiger partial charge in [0, 0.05) is 24.8 Å². The van der Waals surface area contributed by atoms with Crippen molar-refractivity contribution in [3.05, 3.63) is 23.8 Å². The van der Waals surface area contributed by atoms with Crippen LogP contribution in [0.2, 0.25) is 0 Å². The summed E-state index contributed by atoms with van der Waals surface area (Å²) < 4.78 is 5.15. The number of aliphatic hydroxyl groups is 1. The third-order valence-electron chi connectivity index (χ3n) is 3.72. The molecule has 1 heterocycles. The van der Waals surface area contributed by atoms with Crippen molar-refractivity contribution in [1.82, 2.24) is 9.80 Å². The summed E-state index contributed by atoms with van der Waals surface area (Å²) in [4.78, 5) is 16.5. The lowest BCUT2D eigenvalue weighted by Gasteiger charge is -2.27. The second kappa shape index (κ2) is 6.32. The summed E-state index contributed by atoms with van der Waals surface area (Å²) in [5.74, 6) is 0.436. The Bertz CT molecular complexity index is 519. The van der Waals surface area contributed by atoms with Gasteiger partial charge in [-0.3, -0.25) is 4.79 Å². The van der Waals surface area contributed by atoms with E-state index in [0.29, 0.717) is 36.5 Å². The monoisotopic (exact) mass is 293 g/mol. The highest BCUT2D eigenvalue weighted by atomic mass is 16.5. The lowest BCUT2D eigenvalue weighted by atomic mass is 10.1. The summed E-state index contributed by atoms with van der Waals surface area (Å²) in [6, 6.07) is 5.03. The number of hydrogen-bond acceptors (Lipinski definition) is 5. The van der Waals surface area contributed by atoms with Crippen LogP contribution in [-0.4, -0.2) is 67.3 Å². The molecule has 1 saturated heterocycles. The van der Waals surface area contributed by atoms with Crippen LogP contribution in [0.15, 0.2) is 18.2 Å². The number of ether oxygens (including phenoxy) is 1. The molecule has 1 fully saturated rings. The van der Waals surface area contributed by atoms with E-state index in [2.05, 4.69) is 0 Å². The highest BCUT2D eigenvalue weighted by Gasteiger charge is 2.35. The molecule has 0 bridgehead atoms. The second-order valence-corrected chi connectivity index (χ2v) is 5.72. The first-order valence-corrected chi connectivity index (χ1v) is 6.99. The summed E-state index contributed by atoms with van der Waals surface area (Å²) >= 11 is 0. The first kappa shape index (κ1) is 15.6. The van der Waals surface area contributed by atoms with E-state index in [0.717, 1.165) is 0 Å². The molecule has 1 aromatic rings. The molecule has 6 nitrogen and oxygen atoms in total. The number of benzene rings is 1. The largest absolute Gasteiger partial charge is 0.497 e. The minimum atomic E-state index is -0.481. The number of likely N-dealkylation sites (N-methyl/N-ethyl adjacent to an activating group) is 1. The van der Waals surface area contributed by atoms with Crippen molar-refractivity contribution < 1.29 is 14.6 Å². The van der Waals surface area contributed by atoms with Gasteiger partial charge in [0.1, 0.15) is 5.75 Å². The molecule has 1 aliphatic heterocycles. The first-order chi connectivity index (χ1) is 9.92.